The van der Waals surface area contributed by atoms with E-state index < -0.39 is 23.6 Å². The van der Waals surface area contributed by atoms with Gasteiger partial charge in [-0.1, -0.05) is 19.3 Å². The number of halogens is 1. The SMILES string of the molecule is Cc1nnccc1-c1ccc(C(=O)NC(C(=O)N2C[C@H](Cl)[C@H]3OCC(=O)[C@H]32)C2CCCCC2)s1. The zero-order valence-corrected chi connectivity index (χ0v) is 20.5. The summed E-state index contributed by atoms with van der Waals surface area (Å²) >= 11 is 7.77. The highest BCUT2D eigenvalue weighted by Gasteiger charge is 2.53. The molecule has 34 heavy (non-hydrogen) atoms. The number of nitrogens with zero attached hydrogens (tertiary/aromatic N) is 3. The molecule has 3 aliphatic rings. The number of aryl methyl sites for hydroxylation is 1. The predicted molar refractivity (Wildman–Crippen MR) is 128 cm³/mol. The average molecular weight is 503 g/mol. The van der Waals surface area contributed by atoms with Gasteiger partial charge in [-0.3, -0.25) is 14.4 Å². The number of alkyl halides is 1. The lowest BCUT2D eigenvalue weighted by atomic mass is 9.83. The van der Waals surface area contributed by atoms with Gasteiger partial charge in [0.2, 0.25) is 5.91 Å². The van der Waals surface area contributed by atoms with Crippen LogP contribution in [0, 0.1) is 12.8 Å². The van der Waals surface area contributed by atoms with Crippen molar-refractivity contribution in [2.75, 3.05) is 13.2 Å². The summed E-state index contributed by atoms with van der Waals surface area (Å²) in [5.41, 5.74) is 1.71. The summed E-state index contributed by atoms with van der Waals surface area (Å²) in [5, 5.41) is 10.6. The van der Waals surface area contributed by atoms with Crippen LogP contribution in [0.3, 0.4) is 0 Å². The zero-order chi connectivity index (χ0) is 23.8. The molecule has 180 valence electrons. The number of carbonyl (C=O) groups excluding carboxylic acids is 3. The van der Waals surface area contributed by atoms with Crippen LogP contribution >= 0.6 is 22.9 Å². The molecule has 2 aliphatic heterocycles. The molecule has 0 bridgehead atoms. The first-order valence-electron chi connectivity index (χ1n) is 11.7. The molecule has 4 heterocycles. The second kappa shape index (κ2) is 9.71. The Kier molecular flexibility index (Phi) is 6.68. The van der Waals surface area contributed by atoms with Crippen LogP contribution in [0.5, 0.6) is 0 Å². The standard InChI is InChI=1S/C24H27ClN4O4S/c1-13-15(9-10-26-28-13)18-7-8-19(34-18)23(31)27-20(14-5-3-2-4-6-14)24(32)29-11-16(25)22-21(29)17(30)12-33-22/h7-10,14,16,20-22H,2-6,11-12H2,1H3,(H,27,31)/t16-,20?,21+,22+/m0/s1. The number of ether oxygens (including phenoxy) is 1. The van der Waals surface area contributed by atoms with E-state index in [1.807, 2.05) is 19.1 Å². The molecule has 0 radical (unpaired) electrons. The maximum absolute atomic E-state index is 13.7. The lowest BCUT2D eigenvalue weighted by Crippen LogP contribution is -2.55. The monoisotopic (exact) mass is 502 g/mol. The summed E-state index contributed by atoms with van der Waals surface area (Å²) in [6.07, 6.45) is 6.06. The molecule has 2 saturated heterocycles. The largest absolute Gasteiger partial charge is 0.366 e. The van der Waals surface area contributed by atoms with Crippen LogP contribution in [0.2, 0.25) is 0 Å². The molecule has 4 atom stereocenters. The number of hydrogen-bond donors (Lipinski definition) is 1. The highest BCUT2D eigenvalue weighted by atomic mass is 35.5. The van der Waals surface area contributed by atoms with Gasteiger partial charge in [0.15, 0.2) is 5.78 Å². The van der Waals surface area contributed by atoms with Crippen molar-refractivity contribution in [1.29, 1.82) is 0 Å². The van der Waals surface area contributed by atoms with Gasteiger partial charge in [0, 0.05) is 17.0 Å². The van der Waals surface area contributed by atoms with Crippen molar-refractivity contribution in [3.05, 3.63) is 35.0 Å². The molecule has 0 aromatic carbocycles. The van der Waals surface area contributed by atoms with E-state index in [0.29, 0.717) is 4.88 Å². The lowest BCUT2D eigenvalue weighted by molar-refractivity contribution is -0.139. The number of fused-ring (bicyclic) bond motifs is 1. The van der Waals surface area contributed by atoms with E-state index in [9.17, 15) is 14.4 Å². The Bertz CT molecular complexity index is 1100. The summed E-state index contributed by atoms with van der Waals surface area (Å²) in [6.45, 7) is 2.10. The van der Waals surface area contributed by atoms with Crippen molar-refractivity contribution in [2.45, 2.75) is 62.6 Å². The molecular formula is C24H27ClN4O4S. The minimum absolute atomic E-state index is 0.0238. The molecule has 10 heteroatoms. The molecule has 2 aromatic rings. The van der Waals surface area contributed by atoms with Gasteiger partial charge in [-0.2, -0.15) is 10.2 Å². The second-order valence-corrected chi connectivity index (χ2v) is 10.9. The molecule has 1 saturated carbocycles. The third-order valence-corrected chi connectivity index (χ3v) is 8.58. The summed E-state index contributed by atoms with van der Waals surface area (Å²) in [6, 6.07) is 4.18. The number of Topliss-reactive ketones (excluding diaryl/α,β-unsaturated/α-hetero) is 1. The molecule has 5 rings (SSSR count). The van der Waals surface area contributed by atoms with E-state index in [1.165, 1.54) is 11.3 Å². The van der Waals surface area contributed by atoms with Gasteiger partial charge in [0.25, 0.3) is 5.91 Å². The first-order valence-corrected chi connectivity index (χ1v) is 13.0. The Morgan fingerprint density at radius 1 is 1.24 bits per heavy atom. The molecule has 2 amide bonds. The number of likely N-dealkylation sites (tertiary alicyclic amines) is 1. The van der Waals surface area contributed by atoms with E-state index in [1.54, 1.807) is 17.2 Å². The van der Waals surface area contributed by atoms with Crippen LogP contribution in [-0.2, 0) is 14.3 Å². The normalized spacial score (nSPS) is 25.9. The molecule has 0 spiro atoms. The van der Waals surface area contributed by atoms with E-state index >= 15 is 0 Å². The van der Waals surface area contributed by atoms with Gasteiger partial charge < -0.3 is 15.0 Å². The fourth-order valence-electron chi connectivity index (χ4n) is 5.33. The van der Waals surface area contributed by atoms with E-state index in [2.05, 4.69) is 15.5 Å². The van der Waals surface area contributed by atoms with Crippen molar-refractivity contribution < 1.29 is 19.1 Å². The van der Waals surface area contributed by atoms with Gasteiger partial charge in [0.1, 0.15) is 24.8 Å². The minimum Gasteiger partial charge on any atom is -0.366 e. The van der Waals surface area contributed by atoms with Gasteiger partial charge in [-0.15, -0.1) is 22.9 Å². The fourth-order valence-corrected chi connectivity index (χ4v) is 6.68. The first kappa shape index (κ1) is 23.4. The smallest absolute Gasteiger partial charge is 0.262 e. The second-order valence-electron chi connectivity index (χ2n) is 9.24. The molecule has 1 N–H and O–H groups in total. The van der Waals surface area contributed by atoms with Crippen molar-refractivity contribution in [1.82, 2.24) is 20.4 Å². The topological polar surface area (TPSA) is 101 Å². The van der Waals surface area contributed by atoms with Crippen molar-refractivity contribution in [2.24, 2.45) is 5.92 Å². The van der Waals surface area contributed by atoms with Gasteiger partial charge in [-0.05, 0) is 43.9 Å². The molecule has 1 unspecified atom stereocenters. The van der Waals surface area contributed by atoms with Crippen molar-refractivity contribution >= 4 is 40.5 Å². The van der Waals surface area contributed by atoms with Crippen molar-refractivity contribution in [3.63, 3.8) is 0 Å². The Labute approximate surface area is 207 Å². The highest BCUT2D eigenvalue weighted by molar-refractivity contribution is 7.17. The molecule has 2 aromatic heterocycles. The van der Waals surface area contributed by atoms with Crippen LogP contribution in [0.25, 0.3) is 10.4 Å². The van der Waals surface area contributed by atoms with E-state index in [-0.39, 0.29) is 36.7 Å². The third-order valence-electron chi connectivity index (χ3n) is 7.08. The van der Waals surface area contributed by atoms with E-state index in [0.717, 1.165) is 48.2 Å². The molecule has 3 fully saturated rings. The summed E-state index contributed by atoms with van der Waals surface area (Å²) in [7, 11) is 0. The van der Waals surface area contributed by atoms with Crippen LogP contribution in [0.4, 0.5) is 0 Å². The first-order chi connectivity index (χ1) is 16.4. The highest BCUT2D eigenvalue weighted by Crippen LogP contribution is 2.34. The summed E-state index contributed by atoms with van der Waals surface area (Å²) in [4.78, 5) is 42.5. The number of amides is 2. The number of thiophene rings is 1. The number of ketones is 1. The third kappa shape index (κ3) is 4.36. The quantitative estimate of drug-likeness (QED) is 0.631. The number of carbonyl (C=O) groups is 3. The van der Waals surface area contributed by atoms with Gasteiger partial charge in [-0.25, -0.2) is 0 Å². The molecule has 8 nitrogen and oxygen atoms in total. The number of rotatable bonds is 5. The number of nitrogens with one attached hydrogen (secondary N) is 1. The van der Waals surface area contributed by atoms with Crippen LogP contribution in [0.1, 0.15) is 47.5 Å². The number of hydrogen-bond acceptors (Lipinski definition) is 7. The number of aromatic nitrogens is 2. The van der Waals surface area contributed by atoms with Gasteiger partial charge in [0.05, 0.1) is 22.1 Å². The van der Waals surface area contributed by atoms with Gasteiger partial charge >= 0.3 is 0 Å². The molecule has 1 aliphatic carbocycles. The maximum atomic E-state index is 13.7. The minimum atomic E-state index is -0.696. The Hall–Kier alpha value is -2.36. The van der Waals surface area contributed by atoms with Crippen LogP contribution in [-0.4, -0.2) is 69.4 Å². The van der Waals surface area contributed by atoms with E-state index in [4.69, 9.17) is 16.3 Å². The Balaban J connectivity index is 1.38. The predicted octanol–water partition coefficient (Wildman–Crippen LogP) is 2.98. The summed E-state index contributed by atoms with van der Waals surface area (Å²) in [5.74, 6) is -0.615. The molecular weight excluding hydrogens is 476 g/mol. The Morgan fingerprint density at radius 3 is 2.79 bits per heavy atom. The Morgan fingerprint density at radius 2 is 2.03 bits per heavy atom. The van der Waals surface area contributed by atoms with Crippen LogP contribution < -0.4 is 5.32 Å². The van der Waals surface area contributed by atoms with Crippen LogP contribution in [0.15, 0.2) is 24.4 Å². The fraction of sp³-hybridized carbons (Fsp3) is 0.542. The maximum Gasteiger partial charge on any atom is 0.262 e. The summed E-state index contributed by atoms with van der Waals surface area (Å²) < 4.78 is 5.54. The zero-order valence-electron chi connectivity index (χ0n) is 18.9. The van der Waals surface area contributed by atoms with Crippen molar-refractivity contribution in [3.8, 4) is 10.4 Å². The lowest BCUT2D eigenvalue weighted by Gasteiger charge is -2.34. The average Bonchev–Trinajstić information content (AvgIpc) is 3.56.